The Kier molecular flexibility index (Phi) is 8.41. The van der Waals surface area contributed by atoms with Crippen molar-refractivity contribution >= 4 is 53.0 Å². The minimum atomic E-state index is 0. The minimum Gasteiger partial charge on any atom is -0.497 e. The number of pyridine rings is 1. The van der Waals surface area contributed by atoms with E-state index in [1.807, 2.05) is 30.3 Å². The molecule has 1 aliphatic rings. The zero-order valence-corrected chi connectivity index (χ0v) is 19.0. The lowest BCUT2D eigenvalue weighted by molar-refractivity contribution is 0.271. The molecule has 4 rings (SSSR count). The standard InChI is InChI=1S/C22H24ClN3O.2ClH/c1-3-25-12-14-26(15-13-25)22-19-7-5-4-6-18(19)20(23)21(24-22)16-8-10-17(27-2)11-9-16;;/h4-11H,3,12-15H2,1-2H3;2*1H. The number of ether oxygens (including phenoxy) is 1. The lowest BCUT2D eigenvalue weighted by atomic mass is 10.1. The highest BCUT2D eigenvalue weighted by Gasteiger charge is 2.21. The number of aromatic nitrogens is 1. The molecular formula is C22H26Cl3N3O. The first-order valence-electron chi connectivity index (χ1n) is 9.41. The fourth-order valence-electron chi connectivity index (χ4n) is 3.67. The van der Waals surface area contributed by atoms with Crippen molar-refractivity contribution < 1.29 is 4.74 Å². The largest absolute Gasteiger partial charge is 0.497 e. The summed E-state index contributed by atoms with van der Waals surface area (Å²) in [6.07, 6.45) is 0. The van der Waals surface area contributed by atoms with Crippen LogP contribution in [0.3, 0.4) is 0 Å². The van der Waals surface area contributed by atoms with Crippen LogP contribution < -0.4 is 9.64 Å². The van der Waals surface area contributed by atoms with Crippen molar-refractivity contribution in [3.8, 4) is 17.0 Å². The Balaban J connectivity index is 0.00000150. The van der Waals surface area contributed by atoms with E-state index < -0.39 is 0 Å². The maximum absolute atomic E-state index is 6.79. The van der Waals surface area contributed by atoms with Crippen LogP contribution in [0.1, 0.15) is 6.92 Å². The van der Waals surface area contributed by atoms with Crippen LogP contribution in [0.15, 0.2) is 48.5 Å². The number of hydrogen-bond donors (Lipinski definition) is 0. The van der Waals surface area contributed by atoms with Crippen LogP contribution in [-0.2, 0) is 0 Å². The number of anilines is 1. The van der Waals surface area contributed by atoms with Gasteiger partial charge in [0.05, 0.1) is 17.8 Å². The van der Waals surface area contributed by atoms with E-state index in [2.05, 4.69) is 34.9 Å². The van der Waals surface area contributed by atoms with E-state index in [1.54, 1.807) is 7.11 Å². The molecule has 4 nitrogen and oxygen atoms in total. The van der Waals surface area contributed by atoms with E-state index in [1.165, 1.54) is 0 Å². The predicted molar refractivity (Wildman–Crippen MR) is 128 cm³/mol. The number of rotatable bonds is 4. The summed E-state index contributed by atoms with van der Waals surface area (Å²) in [5.41, 5.74) is 1.82. The number of benzene rings is 2. The van der Waals surface area contributed by atoms with Gasteiger partial charge in [0.2, 0.25) is 0 Å². The van der Waals surface area contributed by atoms with Gasteiger partial charge in [-0.1, -0.05) is 42.8 Å². The van der Waals surface area contributed by atoms with Gasteiger partial charge < -0.3 is 14.5 Å². The molecule has 0 bridgehead atoms. The van der Waals surface area contributed by atoms with Crippen LogP contribution in [0.25, 0.3) is 22.0 Å². The smallest absolute Gasteiger partial charge is 0.137 e. The average Bonchev–Trinajstić information content (AvgIpc) is 2.74. The van der Waals surface area contributed by atoms with E-state index in [0.717, 1.165) is 66.3 Å². The first kappa shape index (κ1) is 23.6. The van der Waals surface area contributed by atoms with Gasteiger partial charge in [-0.3, -0.25) is 0 Å². The van der Waals surface area contributed by atoms with Crippen molar-refractivity contribution in [3.05, 3.63) is 53.6 Å². The molecule has 7 heteroatoms. The van der Waals surface area contributed by atoms with Gasteiger partial charge in [-0.2, -0.15) is 0 Å². The Bertz CT molecular complexity index is 942. The Morgan fingerprint density at radius 1 is 0.931 bits per heavy atom. The zero-order chi connectivity index (χ0) is 18.8. The van der Waals surface area contributed by atoms with E-state index in [9.17, 15) is 0 Å². The number of piperazine rings is 1. The maximum Gasteiger partial charge on any atom is 0.137 e. The summed E-state index contributed by atoms with van der Waals surface area (Å²) in [6.45, 7) is 7.40. The lowest BCUT2D eigenvalue weighted by Gasteiger charge is -2.35. The van der Waals surface area contributed by atoms with Gasteiger partial charge in [0.1, 0.15) is 11.6 Å². The molecule has 1 aromatic heterocycles. The molecular weight excluding hydrogens is 429 g/mol. The molecule has 2 aromatic carbocycles. The van der Waals surface area contributed by atoms with Gasteiger partial charge in [-0.05, 0) is 30.8 Å². The Morgan fingerprint density at radius 2 is 1.55 bits per heavy atom. The second-order valence-electron chi connectivity index (χ2n) is 6.79. The quantitative estimate of drug-likeness (QED) is 0.517. The number of halogens is 3. The first-order chi connectivity index (χ1) is 13.2. The van der Waals surface area contributed by atoms with Crippen molar-refractivity contribution in [2.45, 2.75) is 6.92 Å². The maximum atomic E-state index is 6.79. The van der Waals surface area contributed by atoms with E-state index in [4.69, 9.17) is 21.3 Å². The Hall–Kier alpha value is -1.72. The van der Waals surface area contributed by atoms with Crippen molar-refractivity contribution in [2.24, 2.45) is 0 Å². The van der Waals surface area contributed by atoms with Crippen molar-refractivity contribution in [2.75, 3.05) is 44.7 Å². The third kappa shape index (κ3) is 4.72. The van der Waals surface area contributed by atoms with E-state index in [-0.39, 0.29) is 24.8 Å². The molecule has 0 radical (unpaired) electrons. The van der Waals surface area contributed by atoms with Gasteiger partial charge in [0, 0.05) is 42.5 Å². The van der Waals surface area contributed by atoms with Crippen LogP contribution >= 0.6 is 36.4 Å². The van der Waals surface area contributed by atoms with E-state index in [0.29, 0.717) is 5.02 Å². The average molecular weight is 455 g/mol. The highest BCUT2D eigenvalue weighted by atomic mass is 35.5. The molecule has 0 unspecified atom stereocenters. The van der Waals surface area contributed by atoms with Gasteiger partial charge >= 0.3 is 0 Å². The summed E-state index contributed by atoms with van der Waals surface area (Å²) in [4.78, 5) is 9.89. The third-order valence-electron chi connectivity index (χ3n) is 5.31. The van der Waals surface area contributed by atoms with Crippen LogP contribution in [0.5, 0.6) is 5.75 Å². The monoisotopic (exact) mass is 453 g/mol. The SMILES string of the molecule is CCN1CCN(c2nc(-c3ccc(OC)cc3)c(Cl)c3ccccc23)CC1.Cl.Cl. The number of likely N-dealkylation sites (N-methyl/N-ethyl adjacent to an activating group) is 1. The second kappa shape index (κ2) is 10.4. The van der Waals surface area contributed by atoms with E-state index >= 15 is 0 Å². The summed E-state index contributed by atoms with van der Waals surface area (Å²) in [7, 11) is 1.67. The summed E-state index contributed by atoms with van der Waals surface area (Å²) >= 11 is 6.79. The third-order valence-corrected chi connectivity index (χ3v) is 5.70. The van der Waals surface area contributed by atoms with Crippen LogP contribution in [0.2, 0.25) is 5.02 Å². The van der Waals surface area contributed by atoms with Gasteiger partial charge in [0.15, 0.2) is 0 Å². The molecule has 0 N–H and O–H groups in total. The topological polar surface area (TPSA) is 28.6 Å². The number of fused-ring (bicyclic) bond motifs is 1. The molecule has 0 saturated carbocycles. The molecule has 1 aliphatic heterocycles. The number of hydrogen-bond acceptors (Lipinski definition) is 4. The van der Waals surface area contributed by atoms with Crippen molar-refractivity contribution in [1.29, 1.82) is 0 Å². The van der Waals surface area contributed by atoms with Crippen LogP contribution in [0.4, 0.5) is 5.82 Å². The highest BCUT2D eigenvalue weighted by molar-refractivity contribution is 6.38. The molecule has 3 aromatic rings. The zero-order valence-electron chi connectivity index (χ0n) is 16.6. The highest BCUT2D eigenvalue weighted by Crippen LogP contribution is 2.38. The van der Waals surface area contributed by atoms with Crippen LogP contribution in [-0.4, -0.2) is 49.7 Å². The number of nitrogens with zero attached hydrogens (tertiary/aromatic N) is 3. The molecule has 2 heterocycles. The van der Waals surface area contributed by atoms with Gasteiger partial charge in [0.25, 0.3) is 0 Å². The fraction of sp³-hybridized carbons (Fsp3) is 0.318. The van der Waals surface area contributed by atoms with Crippen molar-refractivity contribution in [3.63, 3.8) is 0 Å². The van der Waals surface area contributed by atoms with Gasteiger partial charge in [-0.25, -0.2) is 4.98 Å². The fourth-order valence-corrected chi connectivity index (χ4v) is 3.99. The molecule has 0 amide bonds. The molecule has 0 spiro atoms. The molecule has 29 heavy (non-hydrogen) atoms. The minimum absolute atomic E-state index is 0. The number of methoxy groups -OCH3 is 1. The Labute approximate surface area is 189 Å². The molecule has 0 atom stereocenters. The summed E-state index contributed by atoms with van der Waals surface area (Å²) in [6, 6.07) is 16.2. The summed E-state index contributed by atoms with van der Waals surface area (Å²) < 4.78 is 5.28. The molecule has 1 fully saturated rings. The first-order valence-corrected chi connectivity index (χ1v) is 9.79. The summed E-state index contributed by atoms with van der Waals surface area (Å²) in [5, 5.41) is 2.87. The molecule has 1 saturated heterocycles. The van der Waals surface area contributed by atoms with Gasteiger partial charge in [-0.15, -0.1) is 24.8 Å². The normalized spacial score (nSPS) is 14.2. The molecule has 156 valence electrons. The van der Waals surface area contributed by atoms with Crippen molar-refractivity contribution in [1.82, 2.24) is 9.88 Å². The molecule has 0 aliphatic carbocycles. The van der Waals surface area contributed by atoms with Crippen LogP contribution in [0, 0.1) is 0 Å². The predicted octanol–water partition coefficient (Wildman–Crippen LogP) is 5.55. The summed E-state index contributed by atoms with van der Waals surface area (Å²) in [5.74, 6) is 1.85. The second-order valence-corrected chi connectivity index (χ2v) is 7.17. The lowest BCUT2D eigenvalue weighted by Crippen LogP contribution is -2.46. The Morgan fingerprint density at radius 3 is 2.14 bits per heavy atom.